The van der Waals surface area contributed by atoms with Gasteiger partial charge in [-0.25, -0.2) is 6.57 Å². The van der Waals surface area contributed by atoms with Crippen molar-refractivity contribution in [2.75, 3.05) is 5.32 Å². The summed E-state index contributed by atoms with van der Waals surface area (Å²) in [5.74, 6) is 0.705. The molecule has 0 aliphatic heterocycles. The van der Waals surface area contributed by atoms with Gasteiger partial charge in [-0.05, 0) is 24.3 Å². The van der Waals surface area contributed by atoms with Crippen LogP contribution in [0.3, 0.4) is 0 Å². The highest BCUT2D eigenvalue weighted by molar-refractivity contribution is 6.12. The van der Waals surface area contributed by atoms with Crippen LogP contribution >= 0.6 is 0 Å². The lowest BCUT2D eigenvalue weighted by molar-refractivity contribution is -0.137. The summed E-state index contributed by atoms with van der Waals surface area (Å²) in [6.45, 7) is 6.88. The van der Waals surface area contributed by atoms with E-state index in [1.807, 2.05) is 0 Å². The van der Waals surface area contributed by atoms with Crippen LogP contribution in [0.5, 0.6) is 0 Å². The maximum atomic E-state index is 12.4. The van der Waals surface area contributed by atoms with Crippen LogP contribution in [0, 0.1) is 18.9 Å². The third-order valence-corrected chi connectivity index (χ3v) is 2.68. The maximum absolute atomic E-state index is 12.4. The minimum atomic E-state index is -4.48. The van der Waals surface area contributed by atoms with Gasteiger partial charge < -0.3 is 5.32 Å². The van der Waals surface area contributed by atoms with Gasteiger partial charge in [-0.3, -0.25) is 14.4 Å². The van der Waals surface area contributed by atoms with Crippen LogP contribution in [0.15, 0.2) is 24.3 Å². The van der Waals surface area contributed by atoms with E-state index >= 15 is 0 Å². The summed E-state index contributed by atoms with van der Waals surface area (Å²) in [6.07, 6.45) is 0.518. The number of ketones is 1. The van der Waals surface area contributed by atoms with Gasteiger partial charge in [-0.2, -0.15) is 13.2 Å². The SMILES string of the molecule is [C-]#[N+]C(C(=O)CCC#C)C(=O)Nc1ccc(C(F)(F)F)cc1. The van der Waals surface area contributed by atoms with Gasteiger partial charge in [0.25, 0.3) is 0 Å². The second-order valence-corrected chi connectivity index (χ2v) is 4.27. The Labute approximate surface area is 125 Å². The predicted octanol–water partition coefficient (Wildman–Crippen LogP) is 2.91. The van der Waals surface area contributed by atoms with E-state index in [0.717, 1.165) is 24.3 Å². The van der Waals surface area contributed by atoms with Crippen LogP contribution in [0.1, 0.15) is 18.4 Å². The minimum absolute atomic E-state index is 0.0661. The number of terminal acetylenes is 1. The van der Waals surface area contributed by atoms with Crippen molar-refractivity contribution in [3.05, 3.63) is 41.2 Å². The Balaban J connectivity index is 2.77. The van der Waals surface area contributed by atoms with Gasteiger partial charge in [0, 0.05) is 18.5 Å². The van der Waals surface area contributed by atoms with Crippen molar-refractivity contribution in [1.29, 1.82) is 0 Å². The zero-order valence-electron chi connectivity index (χ0n) is 11.3. The van der Waals surface area contributed by atoms with E-state index < -0.39 is 29.5 Å². The maximum Gasteiger partial charge on any atom is 0.416 e. The Hall–Kier alpha value is -2.80. The number of hydrogen-bond acceptors (Lipinski definition) is 2. The summed E-state index contributed by atoms with van der Waals surface area (Å²) in [7, 11) is 0. The molecular weight excluding hydrogens is 297 g/mol. The summed E-state index contributed by atoms with van der Waals surface area (Å²) in [6, 6.07) is 2.13. The molecule has 1 amide bonds. The second kappa shape index (κ2) is 7.28. The number of anilines is 1. The molecule has 0 aromatic heterocycles. The van der Waals surface area contributed by atoms with Crippen molar-refractivity contribution in [2.24, 2.45) is 0 Å². The van der Waals surface area contributed by atoms with E-state index in [1.165, 1.54) is 0 Å². The Bertz CT molecular complexity index is 637. The number of amides is 1. The van der Waals surface area contributed by atoms with Gasteiger partial charge in [0.15, 0.2) is 0 Å². The van der Waals surface area contributed by atoms with Crippen LogP contribution in [0.25, 0.3) is 4.85 Å². The number of rotatable bonds is 5. The van der Waals surface area contributed by atoms with Crippen LogP contribution in [0.2, 0.25) is 0 Å². The molecule has 0 aliphatic rings. The van der Waals surface area contributed by atoms with Gasteiger partial charge in [0.1, 0.15) is 0 Å². The summed E-state index contributed by atoms with van der Waals surface area (Å²) in [5, 5.41) is 2.24. The fourth-order valence-corrected chi connectivity index (χ4v) is 1.56. The predicted molar refractivity (Wildman–Crippen MR) is 73.5 cm³/mol. The third kappa shape index (κ3) is 4.64. The first-order valence-electron chi connectivity index (χ1n) is 6.10. The highest BCUT2D eigenvalue weighted by atomic mass is 19.4. The van der Waals surface area contributed by atoms with Crippen LogP contribution in [-0.2, 0) is 15.8 Å². The summed E-state index contributed by atoms with van der Waals surface area (Å²) >= 11 is 0. The first kappa shape index (κ1) is 17.3. The topological polar surface area (TPSA) is 50.5 Å². The summed E-state index contributed by atoms with van der Waals surface area (Å²) in [4.78, 5) is 26.4. The monoisotopic (exact) mass is 308 g/mol. The van der Waals surface area contributed by atoms with Crippen molar-refractivity contribution in [2.45, 2.75) is 25.1 Å². The van der Waals surface area contributed by atoms with E-state index in [1.54, 1.807) is 0 Å². The molecule has 22 heavy (non-hydrogen) atoms. The number of hydrogen-bond donors (Lipinski definition) is 1. The molecule has 0 fully saturated rings. The first-order valence-corrected chi connectivity index (χ1v) is 6.10. The zero-order valence-corrected chi connectivity index (χ0v) is 11.3. The number of alkyl halides is 3. The highest BCUT2D eigenvalue weighted by Crippen LogP contribution is 2.29. The summed E-state index contributed by atoms with van der Waals surface area (Å²) < 4.78 is 37.2. The number of Topliss-reactive ketones (excluding diaryl/α,β-unsaturated/α-hetero) is 1. The standard InChI is InChI=1S/C15H11F3N2O2/c1-3-4-5-12(21)13(19-2)14(22)20-11-8-6-10(7-9-11)15(16,17)18/h1,6-9,13H,4-5H2,(H,20,22). The Morgan fingerprint density at radius 1 is 1.32 bits per heavy atom. The smallest absolute Gasteiger partial charge is 0.319 e. The Kier molecular flexibility index (Phi) is 5.71. The van der Waals surface area contributed by atoms with Gasteiger partial charge in [0.2, 0.25) is 5.78 Å². The molecule has 1 unspecified atom stereocenters. The average Bonchev–Trinajstić information content (AvgIpc) is 2.45. The Morgan fingerprint density at radius 3 is 2.36 bits per heavy atom. The number of nitrogens with one attached hydrogen (secondary N) is 1. The number of benzene rings is 1. The largest absolute Gasteiger partial charge is 0.416 e. The molecule has 1 aromatic carbocycles. The minimum Gasteiger partial charge on any atom is -0.319 e. The Morgan fingerprint density at radius 2 is 1.91 bits per heavy atom. The molecule has 0 bridgehead atoms. The van der Waals surface area contributed by atoms with Crippen LogP contribution in [0.4, 0.5) is 18.9 Å². The van der Waals surface area contributed by atoms with E-state index in [9.17, 15) is 22.8 Å². The molecule has 0 heterocycles. The molecule has 0 spiro atoms. The quantitative estimate of drug-likeness (QED) is 0.516. The van der Waals surface area contributed by atoms with Crippen molar-refractivity contribution in [1.82, 2.24) is 0 Å². The molecule has 1 aromatic rings. The normalized spacial score (nSPS) is 11.9. The van der Waals surface area contributed by atoms with E-state index in [2.05, 4.69) is 16.1 Å². The molecule has 1 rings (SSSR count). The van der Waals surface area contributed by atoms with Crippen molar-refractivity contribution >= 4 is 17.4 Å². The molecule has 0 saturated carbocycles. The zero-order chi connectivity index (χ0) is 16.8. The third-order valence-electron chi connectivity index (χ3n) is 2.68. The van der Waals surface area contributed by atoms with Gasteiger partial charge >= 0.3 is 18.1 Å². The summed E-state index contributed by atoms with van der Waals surface area (Å²) in [5.41, 5.74) is -0.797. The van der Waals surface area contributed by atoms with E-state index in [-0.39, 0.29) is 18.5 Å². The van der Waals surface area contributed by atoms with Gasteiger partial charge in [0.05, 0.1) is 5.56 Å². The van der Waals surface area contributed by atoms with Crippen LogP contribution < -0.4 is 5.32 Å². The molecular formula is C15H11F3N2O2. The number of nitrogens with zero attached hydrogens (tertiary/aromatic N) is 1. The molecule has 4 nitrogen and oxygen atoms in total. The average molecular weight is 308 g/mol. The fraction of sp³-hybridized carbons (Fsp3) is 0.267. The molecule has 0 radical (unpaired) electrons. The molecule has 0 saturated heterocycles. The van der Waals surface area contributed by atoms with Crippen LogP contribution in [-0.4, -0.2) is 17.7 Å². The molecule has 1 atom stereocenters. The van der Waals surface area contributed by atoms with Crippen molar-refractivity contribution in [3.63, 3.8) is 0 Å². The molecule has 1 N–H and O–H groups in total. The first-order chi connectivity index (χ1) is 10.3. The van der Waals surface area contributed by atoms with Gasteiger partial charge in [-0.1, -0.05) is 0 Å². The molecule has 114 valence electrons. The molecule has 7 heteroatoms. The fourth-order valence-electron chi connectivity index (χ4n) is 1.56. The molecule has 0 aliphatic carbocycles. The number of halogens is 3. The lowest BCUT2D eigenvalue weighted by Gasteiger charge is -2.09. The lowest BCUT2D eigenvalue weighted by atomic mass is 10.1. The lowest BCUT2D eigenvalue weighted by Crippen LogP contribution is -2.32. The second-order valence-electron chi connectivity index (χ2n) is 4.27. The van der Waals surface area contributed by atoms with Crippen molar-refractivity contribution < 1.29 is 22.8 Å². The van der Waals surface area contributed by atoms with E-state index in [0.29, 0.717) is 0 Å². The van der Waals surface area contributed by atoms with E-state index in [4.69, 9.17) is 13.0 Å². The number of carbonyl (C=O) groups excluding carboxylic acids is 2. The van der Waals surface area contributed by atoms with Crippen molar-refractivity contribution in [3.8, 4) is 12.3 Å². The van der Waals surface area contributed by atoms with Gasteiger partial charge in [-0.15, -0.1) is 12.3 Å². The highest BCUT2D eigenvalue weighted by Gasteiger charge is 2.32. The number of carbonyl (C=O) groups is 2.